The minimum atomic E-state index is -3.68. The molecule has 2 aromatic rings. The van der Waals surface area contributed by atoms with Crippen molar-refractivity contribution in [2.75, 3.05) is 18.4 Å². The van der Waals surface area contributed by atoms with Gasteiger partial charge >= 0.3 is 0 Å². The normalized spacial score (nSPS) is 11.3. The molecule has 1 N–H and O–H groups in total. The number of carbonyl (C=O) groups is 1. The van der Waals surface area contributed by atoms with Gasteiger partial charge in [0.05, 0.1) is 11.0 Å². The van der Waals surface area contributed by atoms with E-state index < -0.39 is 10.0 Å². The quantitative estimate of drug-likeness (QED) is 0.594. The molecule has 0 spiro atoms. The molecule has 2 aromatic carbocycles. The molecule has 0 saturated heterocycles. The van der Waals surface area contributed by atoms with Crippen LogP contribution < -0.4 is 10.1 Å². The maximum Gasteiger partial charge on any atom is 0.255 e. The highest BCUT2D eigenvalue weighted by molar-refractivity contribution is 7.89. The molecule has 6 nitrogen and oxygen atoms in total. The molecule has 0 heterocycles. The van der Waals surface area contributed by atoms with Gasteiger partial charge in [0, 0.05) is 24.3 Å². The second kappa shape index (κ2) is 10.0. The zero-order valence-corrected chi connectivity index (χ0v) is 17.5. The van der Waals surface area contributed by atoms with Crippen LogP contribution in [0.3, 0.4) is 0 Å². The average Bonchev–Trinajstić information content (AvgIpc) is 2.68. The highest BCUT2D eigenvalue weighted by Gasteiger charge is 2.22. The van der Waals surface area contributed by atoms with Crippen molar-refractivity contribution in [2.45, 2.75) is 24.8 Å². The van der Waals surface area contributed by atoms with Crippen LogP contribution >= 0.6 is 0 Å². The maximum absolute atomic E-state index is 12.7. The van der Waals surface area contributed by atoms with Crippen molar-refractivity contribution in [2.24, 2.45) is 0 Å². The first-order chi connectivity index (χ1) is 13.8. The Balaban J connectivity index is 2.15. The molecule has 29 heavy (non-hydrogen) atoms. The van der Waals surface area contributed by atoms with Gasteiger partial charge in [-0.3, -0.25) is 4.79 Å². The lowest BCUT2D eigenvalue weighted by atomic mass is 10.2. The zero-order chi connectivity index (χ0) is 21.4. The molecule has 0 unspecified atom stereocenters. The number of amides is 1. The van der Waals surface area contributed by atoms with Crippen LogP contribution in [-0.2, 0) is 10.0 Å². The zero-order valence-electron chi connectivity index (χ0n) is 16.7. The minimum absolute atomic E-state index is 0.00421. The van der Waals surface area contributed by atoms with Gasteiger partial charge in [-0.05, 0) is 56.3 Å². The minimum Gasteiger partial charge on any atom is -0.491 e. The maximum atomic E-state index is 12.7. The van der Waals surface area contributed by atoms with Crippen molar-refractivity contribution in [3.05, 3.63) is 79.4 Å². The predicted molar refractivity (Wildman–Crippen MR) is 116 cm³/mol. The van der Waals surface area contributed by atoms with Crippen LogP contribution in [0.25, 0.3) is 0 Å². The van der Waals surface area contributed by atoms with E-state index in [0.29, 0.717) is 17.0 Å². The van der Waals surface area contributed by atoms with E-state index in [2.05, 4.69) is 18.5 Å². The SMILES string of the molecule is C=CCN(CC=C)S(=O)(=O)c1ccc(NC(=O)c2cccc(OC(C)C)c2)cc1. The van der Waals surface area contributed by atoms with E-state index in [4.69, 9.17) is 4.74 Å². The first-order valence-corrected chi connectivity index (χ1v) is 10.6. The smallest absolute Gasteiger partial charge is 0.255 e. The van der Waals surface area contributed by atoms with E-state index in [1.807, 2.05) is 13.8 Å². The summed E-state index contributed by atoms with van der Waals surface area (Å²) >= 11 is 0. The Labute approximate surface area is 172 Å². The first-order valence-electron chi connectivity index (χ1n) is 9.18. The van der Waals surface area contributed by atoms with Crippen LogP contribution in [0.4, 0.5) is 5.69 Å². The molecular formula is C22H26N2O4S. The largest absolute Gasteiger partial charge is 0.491 e. The van der Waals surface area contributed by atoms with E-state index in [0.717, 1.165) is 0 Å². The summed E-state index contributed by atoms with van der Waals surface area (Å²) in [4.78, 5) is 12.6. The van der Waals surface area contributed by atoms with Gasteiger partial charge in [0.2, 0.25) is 10.0 Å². The lowest BCUT2D eigenvalue weighted by Crippen LogP contribution is -2.31. The third kappa shape index (κ3) is 6.04. The van der Waals surface area contributed by atoms with Gasteiger partial charge in [-0.15, -0.1) is 13.2 Å². The van der Waals surface area contributed by atoms with Crippen LogP contribution in [0.15, 0.2) is 78.7 Å². The molecule has 0 aliphatic carbocycles. The van der Waals surface area contributed by atoms with Crippen LogP contribution in [0.2, 0.25) is 0 Å². The fraction of sp³-hybridized carbons (Fsp3) is 0.227. The highest BCUT2D eigenvalue weighted by atomic mass is 32.2. The topological polar surface area (TPSA) is 75.7 Å². The summed E-state index contributed by atoms with van der Waals surface area (Å²) in [5, 5.41) is 2.76. The summed E-state index contributed by atoms with van der Waals surface area (Å²) in [5.41, 5.74) is 0.936. The van der Waals surface area contributed by atoms with Crippen LogP contribution in [-0.4, -0.2) is 37.8 Å². The molecule has 0 atom stereocenters. The second-order valence-electron chi connectivity index (χ2n) is 6.57. The van der Waals surface area contributed by atoms with E-state index in [-0.39, 0.29) is 30.0 Å². The Hall–Kier alpha value is -2.90. The second-order valence-corrected chi connectivity index (χ2v) is 8.51. The van der Waals surface area contributed by atoms with Crippen LogP contribution in [0.1, 0.15) is 24.2 Å². The van der Waals surface area contributed by atoms with E-state index in [1.165, 1.54) is 28.6 Å². The molecule has 154 valence electrons. The number of nitrogens with one attached hydrogen (secondary N) is 1. The molecule has 7 heteroatoms. The Morgan fingerprint density at radius 2 is 1.72 bits per heavy atom. The van der Waals surface area contributed by atoms with Gasteiger partial charge in [0.25, 0.3) is 5.91 Å². The van der Waals surface area contributed by atoms with E-state index >= 15 is 0 Å². The fourth-order valence-corrected chi connectivity index (χ4v) is 3.99. The number of sulfonamides is 1. The predicted octanol–water partition coefficient (Wildman–Crippen LogP) is 4.09. The molecule has 0 fully saturated rings. The number of carbonyl (C=O) groups excluding carboxylic acids is 1. The van der Waals surface area contributed by atoms with Gasteiger partial charge in [0.1, 0.15) is 5.75 Å². The summed E-state index contributed by atoms with van der Waals surface area (Å²) in [6, 6.07) is 12.9. The first kappa shape index (κ1) is 22.4. The summed E-state index contributed by atoms with van der Waals surface area (Å²) in [7, 11) is -3.68. The van der Waals surface area contributed by atoms with Crippen molar-refractivity contribution in [1.82, 2.24) is 4.31 Å². The van der Waals surface area contributed by atoms with Crippen molar-refractivity contribution in [3.63, 3.8) is 0 Å². The van der Waals surface area contributed by atoms with Crippen LogP contribution in [0, 0.1) is 0 Å². The van der Waals surface area contributed by atoms with E-state index in [9.17, 15) is 13.2 Å². The summed E-state index contributed by atoms with van der Waals surface area (Å²) in [6.07, 6.45) is 3.05. The number of nitrogens with zero attached hydrogens (tertiary/aromatic N) is 1. The molecular weight excluding hydrogens is 388 g/mol. The van der Waals surface area contributed by atoms with Gasteiger partial charge in [-0.1, -0.05) is 18.2 Å². The summed E-state index contributed by atoms with van der Waals surface area (Å²) in [6.45, 7) is 11.4. The number of anilines is 1. The third-order valence-electron chi connectivity index (χ3n) is 3.88. The fourth-order valence-electron chi connectivity index (χ4n) is 2.60. The van der Waals surface area contributed by atoms with E-state index in [1.54, 1.807) is 36.4 Å². The highest BCUT2D eigenvalue weighted by Crippen LogP contribution is 2.20. The molecule has 0 aromatic heterocycles. The molecule has 0 saturated carbocycles. The Morgan fingerprint density at radius 1 is 1.10 bits per heavy atom. The molecule has 1 amide bonds. The Kier molecular flexibility index (Phi) is 7.75. The number of hydrogen-bond donors (Lipinski definition) is 1. The van der Waals surface area contributed by atoms with Gasteiger partial charge in [-0.2, -0.15) is 4.31 Å². The average molecular weight is 415 g/mol. The van der Waals surface area contributed by atoms with Crippen molar-refractivity contribution >= 4 is 21.6 Å². The Morgan fingerprint density at radius 3 is 2.28 bits per heavy atom. The van der Waals surface area contributed by atoms with Crippen molar-refractivity contribution in [1.29, 1.82) is 0 Å². The molecule has 0 aliphatic heterocycles. The van der Waals surface area contributed by atoms with Crippen molar-refractivity contribution < 1.29 is 17.9 Å². The molecule has 0 aliphatic rings. The summed E-state index contributed by atoms with van der Waals surface area (Å²) in [5.74, 6) is 0.299. The molecule has 0 bridgehead atoms. The lowest BCUT2D eigenvalue weighted by Gasteiger charge is -2.19. The monoisotopic (exact) mass is 414 g/mol. The standard InChI is InChI=1S/C22H26N2O4S/c1-5-14-24(15-6-2)29(26,27)21-12-10-19(11-13-21)23-22(25)18-8-7-9-20(16-18)28-17(3)4/h5-13,16-17H,1-2,14-15H2,3-4H3,(H,23,25). The van der Waals surface area contributed by atoms with Crippen molar-refractivity contribution in [3.8, 4) is 5.75 Å². The number of ether oxygens (including phenoxy) is 1. The molecule has 0 radical (unpaired) electrons. The lowest BCUT2D eigenvalue weighted by molar-refractivity contribution is 0.102. The van der Waals surface area contributed by atoms with Gasteiger partial charge in [0.15, 0.2) is 0 Å². The number of benzene rings is 2. The van der Waals surface area contributed by atoms with Gasteiger partial charge in [-0.25, -0.2) is 8.42 Å². The Bertz CT molecular complexity index is 957. The summed E-state index contributed by atoms with van der Waals surface area (Å²) < 4.78 is 32.3. The molecule has 2 rings (SSSR count). The number of hydrogen-bond acceptors (Lipinski definition) is 4. The number of rotatable bonds is 10. The van der Waals surface area contributed by atoms with Crippen LogP contribution in [0.5, 0.6) is 5.75 Å². The third-order valence-corrected chi connectivity index (χ3v) is 5.73. The van der Waals surface area contributed by atoms with Gasteiger partial charge < -0.3 is 10.1 Å².